The highest BCUT2D eigenvalue weighted by atomic mass is 16.3. The molecule has 0 aliphatic carbocycles. The van der Waals surface area contributed by atoms with Crippen molar-refractivity contribution in [3.05, 3.63) is 157 Å². The molecular formula is C37H27N3O. The summed E-state index contributed by atoms with van der Waals surface area (Å²) in [6, 6.07) is 47.1. The first-order valence-corrected chi connectivity index (χ1v) is 13.7. The van der Waals surface area contributed by atoms with E-state index in [9.17, 15) is 5.11 Å². The number of aromatic nitrogens is 3. The summed E-state index contributed by atoms with van der Waals surface area (Å²) >= 11 is 0. The van der Waals surface area contributed by atoms with E-state index >= 15 is 0 Å². The molecule has 0 spiro atoms. The molecule has 0 unspecified atom stereocenters. The number of hydrogen-bond donors (Lipinski definition) is 1. The molecule has 0 atom stereocenters. The van der Waals surface area contributed by atoms with Crippen LogP contribution in [0.1, 0.15) is 11.1 Å². The number of aromatic hydroxyl groups is 1. The summed E-state index contributed by atoms with van der Waals surface area (Å²) in [5.74, 6) is 0.894. The molecule has 41 heavy (non-hydrogen) atoms. The molecule has 196 valence electrons. The molecule has 7 aromatic rings. The summed E-state index contributed by atoms with van der Waals surface area (Å²) in [6.45, 7) is 0. The fourth-order valence-corrected chi connectivity index (χ4v) is 5.48. The van der Waals surface area contributed by atoms with Crippen LogP contribution in [0.15, 0.2) is 146 Å². The van der Waals surface area contributed by atoms with E-state index in [2.05, 4.69) is 82.3 Å². The van der Waals surface area contributed by atoms with E-state index in [1.165, 1.54) is 11.1 Å². The maximum Gasteiger partial charge on any atom is 0.149 e. The Balaban J connectivity index is 1.47. The van der Waals surface area contributed by atoms with Crippen molar-refractivity contribution in [2.24, 2.45) is 0 Å². The number of para-hydroxylation sites is 3. The van der Waals surface area contributed by atoms with Gasteiger partial charge in [-0.3, -0.25) is 9.55 Å². The molecule has 4 heteroatoms. The predicted octanol–water partition coefficient (Wildman–Crippen LogP) is 8.72. The van der Waals surface area contributed by atoms with Gasteiger partial charge >= 0.3 is 0 Å². The standard InChI is InChI=1S/C37H27N3O/c41-35-20-8-7-16-32(35)37-39-36-31(17-11-19-34(36)40(37)30-14-5-2-6-15-30)28-23-27(22-26-12-3-1-4-13-26)24-29(25-28)33-18-9-10-21-38-33/h1-21,23-25,41H,22H2. The number of benzene rings is 5. The minimum absolute atomic E-state index is 0.198. The van der Waals surface area contributed by atoms with Gasteiger partial charge in [0.25, 0.3) is 0 Å². The fourth-order valence-electron chi connectivity index (χ4n) is 5.48. The van der Waals surface area contributed by atoms with Crippen molar-refractivity contribution >= 4 is 11.0 Å². The topological polar surface area (TPSA) is 50.9 Å². The third kappa shape index (κ3) is 4.77. The largest absolute Gasteiger partial charge is 0.507 e. The van der Waals surface area contributed by atoms with Crippen LogP contribution < -0.4 is 0 Å². The van der Waals surface area contributed by atoms with Gasteiger partial charge in [-0.2, -0.15) is 0 Å². The van der Waals surface area contributed by atoms with Crippen LogP contribution in [-0.2, 0) is 6.42 Å². The van der Waals surface area contributed by atoms with Crippen molar-refractivity contribution in [2.45, 2.75) is 6.42 Å². The first kappa shape index (κ1) is 24.6. The van der Waals surface area contributed by atoms with Crippen molar-refractivity contribution in [3.8, 4) is 45.2 Å². The van der Waals surface area contributed by atoms with E-state index in [1.54, 1.807) is 6.07 Å². The number of hydrogen-bond acceptors (Lipinski definition) is 3. The third-order valence-corrected chi connectivity index (χ3v) is 7.36. The molecule has 0 aliphatic rings. The van der Waals surface area contributed by atoms with Crippen LogP contribution in [0.25, 0.3) is 50.5 Å². The molecule has 5 aromatic carbocycles. The van der Waals surface area contributed by atoms with E-state index in [-0.39, 0.29) is 5.75 Å². The number of phenols is 1. The van der Waals surface area contributed by atoms with Crippen molar-refractivity contribution < 1.29 is 5.11 Å². The lowest BCUT2D eigenvalue weighted by Gasteiger charge is -2.12. The average Bonchev–Trinajstić information content (AvgIpc) is 3.42. The van der Waals surface area contributed by atoms with Crippen LogP contribution in [0.5, 0.6) is 5.75 Å². The van der Waals surface area contributed by atoms with Crippen LogP contribution in [0.3, 0.4) is 0 Å². The highest BCUT2D eigenvalue weighted by Crippen LogP contribution is 2.38. The molecule has 0 fully saturated rings. The second-order valence-corrected chi connectivity index (χ2v) is 10.1. The summed E-state index contributed by atoms with van der Waals surface area (Å²) in [5.41, 5.74) is 10.1. The summed E-state index contributed by atoms with van der Waals surface area (Å²) in [6.07, 6.45) is 2.64. The van der Waals surface area contributed by atoms with Crippen LogP contribution >= 0.6 is 0 Å². The van der Waals surface area contributed by atoms with Gasteiger partial charge in [0.05, 0.1) is 22.3 Å². The highest BCUT2D eigenvalue weighted by molar-refractivity contribution is 5.96. The third-order valence-electron chi connectivity index (χ3n) is 7.36. The van der Waals surface area contributed by atoms with Crippen LogP contribution in [0.4, 0.5) is 0 Å². The van der Waals surface area contributed by atoms with E-state index in [0.717, 1.165) is 45.5 Å². The van der Waals surface area contributed by atoms with E-state index in [0.29, 0.717) is 11.4 Å². The first-order chi connectivity index (χ1) is 20.2. The van der Waals surface area contributed by atoms with Gasteiger partial charge in [-0.15, -0.1) is 0 Å². The van der Waals surface area contributed by atoms with Crippen LogP contribution in [0.2, 0.25) is 0 Å². The monoisotopic (exact) mass is 529 g/mol. The smallest absolute Gasteiger partial charge is 0.149 e. The Morgan fingerprint density at radius 2 is 1.29 bits per heavy atom. The van der Waals surface area contributed by atoms with Gasteiger partial charge in [-0.1, -0.05) is 84.9 Å². The zero-order valence-electron chi connectivity index (χ0n) is 22.4. The number of nitrogens with zero attached hydrogens (tertiary/aromatic N) is 3. The molecule has 0 saturated heterocycles. The summed E-state index contributed by atoms with van der Waals surface area (Å²) in [5, 5.41) is 10.8. The second kappa shape index (κ2) is 10.6. The van der Waals surface area contributed by atoms with E-state index in [4.69, 9.17) is 4.98 Å². The lowest BCUT2D eigenvalue weighted by Crippen LogP contribution is -1.97. The Morgan fingerprint density at radius 3 is 2.07 bits per heavy atom. The Hall–Kier alpha value is -5.48. The molecule has 2 aromatic heterocycles. The maximum absolute atomic E-state index is 10.8. The number of rotatable bonds is 6. The van der Waals surface area contributed by atoms with Gasteiger partial charge in [0.15, 0.2) is 0 Å². The van der Waals surface area contributed by atoms with Gasteiger partial charge in [-0.25, -0.2) is 4.98 Å². The summed E-state index contributed by atoms with van der Waals surface area (Å²) in [7, 11) is 0. The minimum Gasteiger partial charge on any atom is -0.507 e. The average molecular weight is 530 g/mol. The second-order valence-electron chi connectivity index (χ2n) is 10.1. The zero-order valence-corrected chi connectivity index (χ0v) is 22.4. The molecular weight excluding hydrogens is 502 g/mol. The number of pyridine rings is 1. The minimum atomic E-state index is 0.198. The predicted molar refractivity (Wildman–Crippen MR) is 166 cm³/mol. The van der Waals surface area contributed by atoms with E-state index in [1.807, 2.05) is 66.9 Å². The quantitative estimate of drug-likeness (QED) is 0.234. The maximum atomic E-state index is 10.8. The lowest BCUT2D eigenvalue weighted by atomic mass is 9.94. The molecule has 7 rings (SSSR count). The first-order valence-electron chi connectivity index (χ1n) is 13.7. The van der Waals surface area contributed by atoms with Gasteiger partial charge in [0, 0.05) is 23.0 Å². The molecule has 1 N–H and O–H groups in total. The highest BCUT2D eigenvalue weighted by Gasteiger charge is 2.20. The van der Waals surface area contributed by atoms with Crippen molar-refractivity contribution in [3.63, 3.8) is 0 Å². The van der Waals surface area contributed by atoms with Crippen LogP contribution in [-0.4, -0.2) is 19.6 Å². The summed E-state index contributed by atoms with van der Waals surface area (Å²) in [4.78, 5) is 9.85. The van der Waals surface area contributed by atoms with Crippen molar-refractivity contribution in [1.29, 1.82) is 0 Å². The van der Waals surface area contributed by atoms with Crippen molar-refractivity contribution in [1.82, 2.24) is 14.5 Å². The van der Waals surface area contributed by atoms with Gasteiger partial charge in [0.1, 0.15) is 11.6 Å². The Bertz CT molecular complexity index is 1960. The molecule has 0 saturated carbocycles. The number of phenolic OH excluding ortho intramolecular Hbond substituents is 1. The fraction of sp³-hybridized carbons (Fsp3) is 0.0270. The molecule has 4 nitrogen and oxygen atoms in total. The summed E-state index contributed by atoms with van der Waals surface area (Å²) < 4.78 is 2.13. The van der Waals surface area contributed by atoms with Crippen LogP contribution in [0, 0.1) is 0 Å². The molecule has 0 bridgehead atoms. The molecule has 0 radical (unpaired) electrons. The number of fused-ring (bicyclic) bond motifs is 1. The Kier molecular flexibility index (Phi) is 6.34. The molecule has 2 heterocycles. The molecule has 0 amide bonds. The van der Waals surface area contributed by atoms with Crippen molar-refractivity contribution in [2.75, 3.05) is 0 Å². The Labute approximate surface area is 238 Å². The molecule has 0 aliphatic heterocycles. The zero-order chi connectivity index (χ0) is 27.6. The normalized spacial score (nSPS) is 11.1. The number of imidazole rings is 1. The SMILES string of the molecule is Oc1ccccc1-c1nc2c(-c3cc(Cc4ccccc4)cc(-c4ccccn4)c3)cccc2n1-c1ccccc1. The van der Waals surface area contributed by atoms with Gasteiger partial charge < -0.3 is 5.11 Å². The van der Waals surface area contributed by atoms with E-state index < -0.39 is 0 Å². The Morgan fingerprint density at radius 1 is 0.585 bits per heavy atom. The van der Waals surface area contributed by atoms with Gasteiger partial charge in [-0.05, 0) is 77.7 Å². The lowest BCUT2D eigenvalue weighted by molar-refractivity contribution is 0.477. The van der Waals surface area contributed by atoms with Gasteiger partial charge in [0.2, 0.25) is 0 Å².